The topological polar surface area (TPSA) is 96.6 Å². The number of amides is 2. The number of aromatic carboxylic acids is 1. The van der Waals surface area contributed by atoms with Crippen LogP contribution in [0.1, 0.15) is 31.5 Å². The van der Waals surface area contributed by atoms with Crippen molar-refractivity contribution in [3.63, 3.8) is 0 Å². The number of carboxylic acid groups (broad SMARTS) is 1. The van der Waals surface area contributed by atoms with Gasteiger partial charge in [-0.1, -0.05) is 0 Å². The number of carbonyl (C=O) groups is 3. The van der Waals surface area contributed by atoms with Crippen LogP contribution in [0.2, 0.25) is 0 Å². The van der Waals surface area contributed by atoms with Crippen molar-refractivity contribution in [2.45, 2.75) is 0 Å². The smallest absolute Gasteiger partial charge is 0.371 e. The van der Waals surface area contributed by atoms with Gasteiger partial charge in [-0.25, -0.2) is 4.79 Å². The molecule has 6 heteroatoms. The molecule has 0 bridgehead atoms. The van der Waals surface area contributed by atoms with Crippen LogP contribution in [-0.4, -0.2) is 22.9 Å². The molecule has 0 atom stereocenters. The lowest BCUT2D eigenvalue weighted by atomic mass is 10.2. The third-order valence-corrected chi connectivity index (χ3v) is 1.62. The molecule has 2 heterocycles. The second kappa shape index (κ2) is 2.19. The molecule has 2 N–H and O–H groups in total. The molecular formula is C7H3NO5. The molecule has 2 rings (SSSR count). The molecule has 1 aromatic rings. The Labute approximate surface area is 71.1 Å². The zero-order valence-corrected chi connectivity index (χ0v) is 6.16. The Morgan fingerprint density at radius 1 is 1.38 bits per heavy atom. The van der Waals surface area contributed by atoms with Crippen molar-refractivity contribution in [1.82, 2.24) is 5.32 Å². The number of nitrogens with one attached hydrogen (secondary N) is 1. The summed E-state index contributed by atoms with van der Waals surface area (Å²) in [7, 11) is 0. The molecule has 0 unspecified atom stereocenters. The minimum absolute atomic E-state index is 0.0256. The van der Waals surface area contributed by atoms with E-state index >= 15 is 0 Å². The van der Waals surface area contributed by atoms with E-state index in [1.807, 2.05) is 5.32 Å². The van der Waals surface area contributed by atoms with Crippen LogP contribution < -0.4 is 5.32 Å². The van der Waals surface area contributed by atoms with E-state index in [9.17, 15) is 14.4 Å². The number of carbonyl (C=O) groups excluding carboxylic acids is 2. The van der Waals surface area contributed by atoms with Gasteiger partial charge >= 0.3 is 5.97 Å². The van der Waals surface area contributed by atoms with Crippen LogP contribution in [0.4, 0.5) is 0 Å². The maximum Gasteiger partial charge on any atom is 0.371 e. The highest BCUT2D eigenvalue weighted by Crippen LogP contribution is 2.19. The number of hydrogen-bond donors (Lipinski definition) is 2. The van der Waals surface area contributed by atoms with E-state index in [1.54, 1.807) is 0 Å². The van der Waals surface area contributed by atoms with Gasteiger partial charge in [-0.05, 0) is 0 Å². The first-order valence-corrected chi connectivity index (χ1v) is 3.32. The number of rotatable bonds is 1. The van der Waals surface area contributed by atoms with Crippen LogP contribution in [0.25, 0.3) is 0 Å². The Balaban J connectivity index is 2.58. The summed E-state index contributed by atoms with van der Waals surface area (Å²) in [5.74, 6) is -3.28. The van der Waals surface area contributed by atoms with Crippen molar-refractivity contribution >= 4 is 17.8 Å². The molecule has 1 aromatic heterocycles. The van der Waals surface area contributed by atoms with Gasteiger partial charge < -0.3 is 9.52 Å². The van der Waals surface area contributed by atoms with E-state index in [0.717, 1.165) is 6.07 Å². The SMILES string of the molecule is O=C(O)c1cc2c(o1)C(=O)NC2=O. The summed E-state index contributed by atoms with van der Waals surface area (Å²) in [5.41, 5.74) is -0.0256. The van der Waals surface area contributed by atoms with E-state index in [4.69, 9.17) is 5.11 Å². The molecule has 2 amide bonds. The lowest BCUT2D eigenvalue weighted by Gasteiger charge is -1.88. The Kier molecular flexibility index (Phi) is 1.27. The summed E-state index contributed by atoms with van der Waals surface area (Å²) >= 11 is 0. The number of hydrogen-bond acceptors (Lipinski definition) is 4. The number of furan rings is 1. The lowest BCUT2D eigenvalue weighted by Crippen LogP contribution is -2.20. The lowest BCUT2D eigenvalue weighted by molar-refractivity contribution is 0.0660. The first-order valence-electron chi connectivity index (χ1n) is 3.32. The average molecular weight is 181 g/mol. The second-order valence-electron chi connectivity index (χ2n) is 2.44. The van der Waals surface area contributed by atoms with Crippen molar-refractivity contribution in [1.29, 1.82) is 0 Å². The number of fused-ring (bicyclic) bond motifs is 1. The van der Waals surface area contributed by atoms with E-state index in [2.05, 4.69) is 4.42 Å². The minimum atomic E-state index is -1.31. The van der Waals surface area contributed by atoms with Crippen molar-refractivity contribution in [2.24, 2.45) is 0 Å². The van der Waals surface area contributed by atoms with E-state index in [1.165, 1.54) is 0 Å². The fraction of sp³-hybridized carbons (Fsp3) is 0. The van der Waals surface area contributed by atoms with Crippen LogP contribution in [0.15, 0.2) is 10.5 Å². The Morgan fingerprint density at radius 3 is 2.62 bits per heavy atom. The Hall–Kier alpha value is -2.11. The molecule has 0 fully saturated rings. The quantitative estimate of drug-likeness (QED) is 0.587. The molecule has 66 valence electrons. The zero-order chi connectivity index (χ0) is 9.59. The highest BCUT2D eigenvalue weighted by atomic mass is 16.4. The molecule has 1 aliphatic rings. The third-order valence-electron chi connectivity index (χ3n) is 1.62. The largest absolute Gasteiger partial charge is 0.475 e. The van der Waals surface area contributed by atoms with Crippen LogP contribution in [0, 0.1) is 0 Å². The molecule has 0 aromatic carbocycles. The van der Waals surface area contributed by atoms with Gasteiger partial charge in [0.2, 0.25) is 11.5 Å². The average Bonchev–Trinajstić information content (AvgIpc) is 2.55. The van der Waals surface area contributed by atoms with Gasteiger partial charge in [0.05, 0.1) is 5.56 Å². The number of carboxylic acids is 1. The fourth-order valence-electron chi connectivity index (χ4n) is 1.06. The molecular weight excluding hydrogens is 178 g/mol. The fourth-order valence-corrected chi connectivity index (χ4v) is 1.06. The minimum Gasteiger partial charge on any atom is -0.475 e. The van der Waals surface area contributed by atoms with Gasteiger partial charge in [0.1, 0.15) is 0 Å². The van der Waals surface area contributed by atoms with Crippen LogP contribution in [-0.2, 0) is 0 Å². The van der Waals surface area contributed by atoms with E-state index in [-0.39, 0.29) is 11.3 Å². The zero-order valence-electron chi connectivity index (χ0n) is 6.16. The summed E-state index contributed by atoms with van der Waals surface area (Å²) in [6, 6.07) is 1.03. The first kappa shape index (κ1) is 7.53. The van der Waals surface area contributed by atoms with Gasteiger partial charge in [0.25, 0.3) is 11.8 Å². The summed E-state index contributed by atoms with van der Waals surface area (Å²) in [6.45, 7) is 0. The highest BCUT2D eigenvalue weighted by molar-refractivity contribution is 6.20. The van der Waals surface area contributed by atoms with Gasteiger partial charge in [0.15, 0.2) is 0 Å². The highest BCUT2D eigenvalue weighted by Gasteiger charge is 2.33. The van der Waals surface area contributed by atoms with Crippen molar-refractivity contribution < 1.29 is 23.9 Å². The van der Waals surface area contributed by atoms with Gasteiger partial charge in [-0.2, -0.15) is 0 Å². The predicted molar refractivity (Wildman–Crippen MR) is 37.5 cm³/mol. The van der Waals surface area contributed by atoms with Crippen LogP contribution in [0.5, 0.6) is 0 Å². The molecule has 0 saturated carbocycles. The summed E-state index contributed by atoms with van der Waals surface area (Å²) in [6.07, 6.45) is 0. The van der Waals surface area contributed by atoms with Crippen LogP contribution in [0.3, 0.4) is 0 Å². The molecule has 1 aliphatic heterocycles. The van der Waals surface area contributed by atoms with Gasteiger partial charge in [-0.15, -0.1) is 0 Å². The molecule has 13 heavy (non-hydrogen) atoms. The van der Waals surface area contributed by atoms with Crippen molar-refractivity contribution in [3.05, 3.63) is 23.2 Å². The van der Waals surface area contributed by atoms with Crippen molar-refractivity contribution in [3.8, 4) is 0 Å². The van der Waals surface area contributed by atoms with Gasteiger partial charge in [0, 0.05) is 6.07 Å². The summed E-state index contributed by atoms with van der Waals surface area (Å²) < 4.78 is 4.64. The third kappa shape index (κ3) is 0.919. The van der Waals surface area contributed by atoms with Crippen LogP contribution >= 0.6 is 0 Å². The second-order valence-corrected chi connectivity index (χ2v) is 2.44. The maximum absolute atomic E-state index is 10.9. The van der Waals surface area contributed by atoms with Crippen molar-refractivity contribution in [2.75, 3.05) is 0 Å². The molecule has 0 aliphatic carbocycles. The summed E-state index contributed by atoms with van der Waals surface area (Å²) in [5, 5.41) is 10.4. The molecule has 6 nitrogen and oxygen atoms in total. The molecule has 0 saturated heterocycles. The normalized spacial score (nSPS) is 14.2. The first-order chi connectivity index (χ1) is 6.09. The van der Waals surface area contributed by atoms with E-state index in [0.29, 0.717) is 0 Å². The number of imide groups is 1. The maximum atomic E-state index is 10.9. The standard InChI is InChI=1S/C7H3NO5/c9-5-2-1-3(7(11)12)13-4(2)6(10)8-5/h1H,(H,11,12)(H,8,9,10). The Bertz CT molecular complexity index is 399. The Morgan fingerprint density at radius 2 is 2.08 bits per heavy atom. The molecule has 0 radical (unpaired) electrons. The van der Waals surface area contributed by atoms with Gasteiger partial charge in [-0.3, -0.25) is 14.9 Å². The molecule has 0 spiro atoms. The summed E-state index contributed by atoms with van der Waals surface area (Å²) in [4.78, 5) is 32.2. The predicted octanol–water partition coefficient (Wildman–Crippen LogP) is -0.139. The van der Waals surface area contributed by atoms with E-state index < -0.39 is 23.5 Å². The monoisotopic (exact) mass is 181 g/mol.